The molecular formula is C30H27N5OS. The second kappa shape index (κ2) is 10.8. The maximum Gasteiger partial charge on any atom is 0.266 e. The molecule has 1 N–H and O–H groups in total. The Bertz CT molecular complexity index is 1470. The molecule has 5 rings (SSSR count). The zero-order valence-corrected chi connectivity index (χ0v) is 21.4. The molecule has 1 unspecified atom stereocenters. The smallest absolute Gasteiger partial charge is 0.266 e. The van der Waals surface area contributed by atoms with E-state index in [2.05, 4.69) is 37.0 Å². The van der Waals surface area contributed by atoms with E-state index in [9.17, 15) is 10.1 Å². The molecule has 0 radical (unpaired) electrons. The fraction of sp³-hybridized carbons (Fsp3) is 0.167. The number of thiol groups is 1. The lowest BCUT2D eigenvalue weighted by molar-refractivity contribution is -0.118. The number of carbonyl (C=O) groups excluding carboxylic acids is 1. The van der Waals surface area contributed by atoms with Gasteiger partial charge in [-0.15, -0.1) is 12.6 Å². The highest BCUT2D eigenvalue weighted by molar-refractivity contribution is 7.84. The number of anilines is 1. The average Bonchev–Trinajstić information content (AvgIpc) is 3.39. The fourth-order valence-electron chi connectivity index (χ4n) is 4.52. The summed E-state index contributed by atoms with van der Waals surface area (Å²) in [4.78, 5) is 14.9. The number of hydrogen-bond acceptors (Lipinski definition) is 5. The highest BCUT2D eigenvalue weighted by Crippen LogP contribution is 2.39. The summed E-state index contributed by atoms with van der Waals surface area (Å²) in [5.74, 6) is -0.459. The minimum absolute atomic E-state index is 0.0219. The van der Waals surface area contributed by atoms with E-state index in [4.69, 9.17) is 5.10 Å². The van der Waals surface area contributed by atoms with E-state index < -0.39 is 12.1 Å². The third kappa shape index (κ3) is 4.89. The zero-order chi connectivity index (χ0) is 25.8. The standard InChI is InChI=1S/C30H27N5OS/c1-2-3-10-21-15-17-24(18-16-21)35-28(32-29(36)25(19-31)30(35)37)26-20-34(23-13-8-5-9-14-23)33-27(26)22-11-6-4-7-12-22/h4-9,11-18,20,28,37H,2-3,10H2,1H3,(H,32,36). The number of nitrogens with zero attached hydrogens (tertiary/aromatic N) is 4. The maximum atomic E-state index is 13.0. The van der Waals surface area contributed by atoms with Gasteiger partial charge in [-0.2, -0.15) is 10.4 Å². The molecular weight excluding hydrogens is 478 g/mol. The zero-order valence-electron chi connectivity index (χ0n) is 20.5. The Balaban J connectivity index is 1.66. The van der Waals surface area contributed by atoms with Gasteiger partial charge in [-0.05, 0) is 42.7 Å². The van der Waals surface area contributed by atoms with Gasteiger partial charge < -0.3 is 10.2 Å². The van der Waals surface area contributed by atoms with Gasteiger partial charge >= 0.3 is 0 Å². The molecule has 7 heteroatoms. The van der Waals surface area contributed by atoms with E-state index in [0.717, 1.165) is 47.5 Å². The summed E-state index contributed by atoms with van der Waals surface area (Å²) < 4.78 is 1.82. The first kappa shape index (κ1) is 24.4. The van der Waals surface area contributed by atoms with Gasteiger partial charge in [0.2, 0.25) is 0 Å². The molecule has 0 aliphatic carbocycles. The van der Waals surface area contributed by atoms with Gasteiger partial charge in [-0.1, -0.05) is 74.0 Å². The summed E-state index contributed by atoms with van der Waals surface area (Å²) in [6.07, 6.45) is 4.57. The molecule has 1 aliphatic heterocycles. The number of nitrogens with one attached hydrogen (secondary N) is 1. The van der Waals surface area contributed by atoms with Crippen molar-refractivity contribution in [2.45, 2.75) is 32.4 Å². The van der Waals surface area contributed by atoms with Crippen LogP contribution in [0.5, 0.6) is 0 Å². The molecule has 0 bridgehead atoms. The third-order valence-corrected chi connectivity index (χ3v) is 6.89. The van der Waals surface area contributed by atoms with E-state index in [0.29, 0.717) is 5.03 Å². The number of hydrogen-bond donors (Lipinski definition) is 2. The number of aryl methyl sites for hydroxylation is 1. The topological polar surface area (TPSA) is 74.0 Å². The van der Waals surface area contributed by atoms with Gasteiger partial charge in [0.1, 0.15) is 17.8 Å². The third-order valence-electron chi connectivity index (χ3n) is 6.46. The molecule has 0 saturated heterocycles. The summed E-state index contributed by atoms with van der Waals surface area (Å²) in [5.41, 5.74) is 5.41. The van der Waals surface area contributed by atoms with E-state index in [1.807, 2.05) is 94.6 Å². The molecule has 1 atom stereocenters. The highest BCUT2D eigenvalue weighted by atomic mass is 32.1. The summed E-state index contributed by atoms with van der Waals surface area (Å²) in [5, 5.41) is 18.0. The number of benzene rings is 3. The molecule has 184 valence electrons. The Morgan fingerprint density at radius 3 is 2.30 bits per heavy atom. The number of unbranched alkanes of at least 4 members (excludes halogenated alkanes) is 1. The fourth-order valence-corrected chi connectivity index (χ4v) is 4.90. The van der Waals surface area contributed by atoms with Crippen molar-refractivity contribution in [2.75, 3.05) is 4.90 Å². The van der Waals surface area contributed by atoms with E-state index >= 15 is 0 Å². The van der Waals surface area contributed by atoms with Crippen LogP contribution in [-0.2, 0) is 11.2 Å². The predicted molar refractivity (Wildman–Crippen MR) is 149 cm³/mol. The van der Waals surface area contributed by atoms with E-state index in [1.54, 1.807) is 0 Å². The van der Waals surface area contributed by atoms with Crippen LogP contribution in [0.4, 0.5) is 5.69 Å². The van der Waals surface area contributed by atoms with Crippen molar-refractivity contribution in [3.05, 3.63) is 113 Å². The van der Waals surface area contributed by atoms with Crippen molar-refractivity contribution in [3.63, 3.8) is 0 Å². The Kier molecular flexibility index (Phi) is 7.11. The summed E-state index contributed by atoms with van der Waals surface area (Å²) >= 11 is 4.69. The van der Waals surface area contributed by atoms with Gasteiger partial charge in [0, 0.05) is 23.0 Å². The van der Waals surface area contributed by atoms with Crippen molar-refractivity contribution >= 4 is 24.2 Å². The molecule has 1 aromatic heterocycles. The van der Waals surface area contributed by atoms with Gasteiger partial charge in [-0.3, -0.25) is 4.79 Å². The van der Waals surface area contributed by atoms with Crippen molar-refractivity contribution in [1.82, 2.24) is 15.1 Å². The van der Waals surface area contributed by atoms with Crippen molar-refractivity contribution in [2.24, 2.45) is 0 Å². The second-order valence-corrected chi connectivity index (χ2v) is 9.33. The van der Waals surface area contributed by atoms with Gasteiger partial charge in [0.15, 0.2) is 0 Å². The van der Waals surface area contributed by atoms with Crippen molar-refractivity contribution in [1.29, 1.82) is 5.26 Å². The van der Waals surface area contributed by atoms with Crippen LogP contribution in [0.2, 0.25) is 0 Å². The molecule has 0 saturated carbocycles. The van der Waals surface area contributed by atoms with Crippen molar-refractivity contribution in [3.8, 4) is 23.0 Å². The lowest BCUT2D eigenvalue weighted by atomic mass is 10.0. The molecule has 0 fully saturated rings. The molecule has 37 heavy (non-hydrogen) atoms. The Morgan fingerprint density at radius 2 is 1.65 bits per heavy atom. The van der Waals surface area contributed by atoms with Crippen LogP contribution in [0.15, 0.2) is 102 Å². The van der Waals surface area contributed by atoms with Crippen molar-refractivity contribution < 1.29 is 4.79 Å². The summed E-state index contributed by atoms with van der Waals surface area (Å²) in [6.45, 7) is 2.18. The monoisotopic (exact) mass is 505 g/mol. The molecule has 3 aromatic carbocycles. The number of para-hydroxylation sites is 1. The first-order valence-electron chi connectivity index (χ1n) is 12.3. The lowest BCUT2D eigenvalue weighted by Crippen LogP contribution is -2.46. The second-order valence-electron chi connectivity index (χ2n) is 8.91. The summed E-state index contributed by atoms with van der Waals surface area (Å²) in [6, 6.07) is 30.0. The highest BCUT2D eigenvalue weighted by Gasteiger charge is 2.36. The van der Waals surface area contributed by atoms with Crippen LogP contribution < -0.4 is 10.2 Å². The normalized spacial score (nSPS) is 15.4. The van der Waals surface area contributed by atoms with E-state index in [-0.39, 0.29) is 5.57 Å². The molecule has 4 aromatic rings. The van der Waals surface area contributed by atoms with Gasteiger partial charge in [0.25, 0.3) is 5.91 Å². The first-order valence-corrected chi connectivity index (χ1v) is 12.8. The van der Waals surface area contributed by atoms with Crippen LogP contribution in [0, 0.1) is 11.3 Å². The number of aromatic nitrogens is 2. The van der Waals surface area contributed by atoms with Crippen LogP contribution in [0.1, 0.15) is 37.1 Å². The summed E-state index contributed by atoms with van der Waals surface area (Å²) in [7, 11) is 0. The minimum atomic E-state index is -0.619. The van der Waals surface area contributed by atoms with Crippen LogP contribution in [0.3, 0.4) is 0 Å². The molecule has 1 aliphatic rings. The van der Waals surface area contributed by atoms with Crippen LogP contribution >= 0.6 is 12.6 Å². The van der Waals surface area contributed by atoms with E-state index in [1.165, 1.54) is 5.56 Å². The average molecular weight is 506 g/mol. The van der Waals surface area contributed by atoms with Crippen LogP contribution in [-0.4, -0.2) is 15.7 Å². The number of amides is 1. The quantitative estimate of drug-likeness (QED) is 0.294. The Labute approximate surface area is 222 Å². The molecule has 6 nitrogen and oxygen atoms in total. The molecule has 2 heterocycles. The largest absolute Gasteiger partial charge is 0.327 e. The van der Waals surface area contributed by atoms with Crippen LogP contribution in [0.25, 0.3) is 16.9 Å². The Hall–Kier alpha value is -4.28. The number of carbonyl (C=O) groups is 1. The van der Waals surface area contributed by atoms with Gasteiger partial charge in [-0.25, -0.2) is 4.68 Å². The number of rotatable bonds is 7. The molecule has 0 spiro atoms. The predicted octanol–water partition coefficient (Wildman–Crippen LogP) is 6.18. The SMILES string of the molecule is CCCCc1ccc(N2C(S)=C(C#N)C(=O)NC2c2cn(-c3ccccc3)nc2-c2ccccc2)cc1. The minimum Gasteiger partial charge on any atom is -0.327 e. The van der Waals surface area contributed by atoms with Gasteiger partial charge in [0.05, 0.1) is 16.4 Å². The number of nitriles is 1. The Morgan fingerprint density at radius 1 is 0.973 bits per heavy atom. The maximum absolute atomic E-state index is 13.0. The first-order chi connectivity index (χ1) is 18.1. The lowest BCUT2D eigenvalue weighted by Gasteiger charge is -2.37. The molecule has 1 amide bonds.